The lowest BCUT2D eigenvalue weighted by atomic mass is 10.2. The minimum Gasteiger partial charge on any atom is -0.454 e. The largest absolute Gasteiger partial charge is 0.454 e. The first-order valence-electron chi connectivity index (χ1n) is 6.95. The third-order valence-electron chi connectivity index (χ3n) is 3.25. The van der Waals surface area contributed by atoms with Crippen molar-refractivity contribution in [1.82, 2.24) is 5.32 Å². The highest BCUT2D eigenvalue weighted by Crippen LogP contribution is 2.32. The van der Waals surface area contributed by atoms with Crippen LogP contribution in [0.3, 0.4) is 0 Å². The van der Waals surface area contributed by atoms with E-state index in [0.29, 0.717) is 32.8 Å². The van der Waals surface area contributed by atoms with Crippen molar-refractivity contribution in [3.05, 3.63) is 52.0 Å². The molecule has 0 radical (unpaired) electrons. The van der Waals surface area contributed by atoms with Crippen molar-refractivity contribution in [1.29, 1.82) is 0 Å². The zero-order valence-electron chi connectivity index (χ0n) is 12.3. The molecule has 0 fully saturated rings. The summed E-state index contributed by atoms with van der Waals surface area (Å²) >= 11 is 11.8. The SMILES string of the molecule is O=C(CNC(=O)c1ccc2c(c1)OCO2)Nc1cc(Cl)ccc1Cl. The Morgan fingerprint density at radius 1 is 1.04 bits per heavy atom. The first-order valence-corrected chi connectivity index (χ1v) is 7.71. The average Bonchev–Trinajstić information content (AvgIpc) is 3.03. The fraction of sp³-hybridized carbons (Fsp3) is 0.125. The van der Waals surface area contributed by atoms with Gasteiger partial charge in [0, 0.05) is 10.6 Å². The highest BCUT2D eigenvalue weighted by atomic mass is 35.5. The smallest absolute Gasteiger partial charge is 0.251 e. The molecule has 24 heavy (non-hydrogen) atoms. The van der Waals surface area contributed by atoms with Gasteiger partial charge in [-0.3, -0.25) is 9.59 Å². The summed E-state index contributed by atoms with van der Waals surface area (Å²) in [6, 6.07) is 9.51. The van der Waals surface area contributed by atoms with Crippen LogP contribution in [-0.4, -0.2) is 25.2 Å². The fourth-order valence-corrected chi connectivity index (χ4v) is 2.42. The average molecular weight is 367 g/mol. The molecule has 8 heteroatoms. The van der Waals surface area contributed by atoms with Crippen LogP contribution < -0.4 is 20.1 Å². The molecule has 3 rings (SSSR count). The Morgan fingerprint density at radius 3 is 2.67 bits per heavy atom. The minimum absolute atomic E-state index is 0.128. The molecule has 2 N–H and O–H groups in total. The Labute approximate surface area is 147 Å². The van der Waals surface area contributed by atoms with Gasteiger partial charge in [-0.1, -0.05) is 23.2 Å². The maximum absolute atomic E-state index is 12.1. The van der Waals surface area contributed by atoms with E-state index in [1.54, 1.807) is 30.3 Å². The zero-order chi connectivity index (χ0) is 17.1. The van der Waals surface area contributed by atoms with E-state index < -0.39 is 11.8 Å². The lowest BCUT2D eigenvalue weighted by Crippen LogP contribution is -2.32. The number of hydrogen-bond acceptors (Lipinski definition) is 4. The van der Waals surface area contributed by atoms with Gasteiger partial charge in [0.2, 0.25) is 12.7 Å². The molecule has 0 saturated carbocycles. The summed E-state index contributed by atoms with van der Waals surface area (Å²) in [5.74, 6) is 0.256. The fourth-order valence-electron chi connectivity index (χ4n) is 2.09. The van der Waals surface area contributed by atoms with E-state index in [2.05, 4.69) is 10.6 Å². The van der Waals surface area contributed by atoms with Crippen LogP contribution in [0.15, 0.2) is 36.4 Å². The van der Waals surface area contributed by atoms with Gasteiger partial charge in [-0.25, -0.2) is 0 Å². The summed E-state index contributed by atoms with van der Waals surface area (Å²) in [4.78, 5) is 24.0. The molecule has 1 aliphatic heterocycles. The van der Waals surface area contributed by atoms with Gasteiger partial charge in [0.25, 0.3) is 5.91 Å². The van der Waals surface area contributed by atoms with Crippen LogP contribution >= 0.6 is 23.2 Å². The second-order valence-electron chi connectivity index (χ2n) is 4.92. The molecule has 0 aliphatic carbocycles. The molecule has 2 aromatic rings. The maximum atomic E-state index is 12.1. The molecule has 2 amide bonds. The molecule has 0 unspecified atom stereocenters. The van der Waals surface area contributed by atoms with Gasteiger partial charge in [0.15, 0.2) is 11.5 Å². The maximum Gasteiger partial charge on any atom is 0.251 e. The molecule has 0 aromatic heterocycles. The summed E-state index contributed by atoms with van der Waals surface area (Å²) in [6.45, 7) is -0.0840. The molecule has 0 saturated heterocycles. The number of hydrogen-bond donors (Lipinski definition) is 2. The molecule has 124 valence electrons. The Kier molecular flexibility index (Phi) is 4.78. The molecule has 6 nitrogen and oxygen atoms in total. The van der Waals surface area contributed by atoms with Crippen molar-refractivity contribution in [2.24, 2.45) is 0 Å². The van der Waals surface area contributed by atoms with E-state index in [9.17, 15) is 9.59 Å². The van der Waals surface area contributed by atoms with Crippen LogP contribution in [0, 0.1) is 0 Å². The number of fused-ring (bicyclic) bond motifs is 1. The minimum atomic E-state index is -0.423. The van der Waals surface area contributed by atoms with Gasteiger partial charge < -0.3 is 20.1 Å². The quantitative estimate of drug-likeness (QED) is 0.871. The highest BCUT2D eigenvalue weighted by Gasteiger charge is 2.16. The Bertz CT molecular complexity index is 811. The van der Waals surface area contributed by atoms with E-state index in [4.69, 9.17) is 32.7 Å². The predicted molar refractivity (Wildman–Crippen MR) is 90.0 cm³/mol. The molecule has 0 bridgehead atoms. The second-order valence-corrected chi connectivity index (χ2v) is 5.77. The first-order chi connectivity index (χ1) is 11.5. The van der Waals surface area contributed by atoms with Crippen molar-refractivity contribution < 1.29 is 19.1 Å². The third-order valence-corrected chi connectivity index (χ3v) is 3.81. The molecule has 2 aromatic carbocycles. The van der Waals surface area contributed by atoms with Crippen molar-refractivity contribution in [3.8, 4) is 11.5 Å². The molecular formula is C16H12Cl2N2O4. The second kappa shape index (κ2) is 6.98. The number of amides is 2. The van der Waals surface area contributed by atoms with Gasteiger partial charge in [-0.05, 0) is 36.4 Å². The first kappa shape index (κ1) is 16.4. The third kappa shape index (κ3) is 3.72. The van der Waals surface area contributed by atoms with Gasteiger partial charge in [-0.2, -0.15) is 0 Å². The van der Waals surface area contributed by atoms with Crippen LogP contribution in [-0.2, 0) is 4.79 Å². The summed E-state index contributed by atoms with van der Waals surface area (Å²) in [6.07, 6.45) is 0. The Balaban J connectivity index is 1.58. The van der Waals surface area contributed by atoms with E-state index in [1.807, 2.05) is 0 Å². The van der Waals surface area contributed by atoms with E-state index in [1.165, 1.54) is 6.07 Å². The van der Waals surface area contributed by atoms with Crippen LogP contribution in [0.1, 0.15) is 10.4 Å². The zero-order valence-corrected chi connectivity index (χ0v) is 13.8. The summed E-state index contributed by atoms with van der Waals surface area (Å²) < 4.78 is 10.4. The summed E-state index contributed by atoms with van der Waals surface area (Å²) in [7, 11) is 0. The molecule has 0 atom stereocenters. The van der Waals surface area contributed by atoms with Crippen molar-refractivity contribution >= 4 is 40.7 Å². The number of ether oxygens (including phenoxy) is 2. The lowest BCUT2D eigenvalue weighted by Gasteiger charge is -2.09. The number of benzene rings is 2. The summed E-state index contributed by atoms with van der Waals surface area (Å²) in [5, 5.41) is 5.91. The van der Waals surface area contributed by atoms with Gasteiger partial charge in [0.1, 0.15) is 0 Å². The van der Waals surface area contributed by atoms with Gasteiger partial charge in [0.05, 0.1) is 17.3 Å². The van der Waals surface area contributed by atoms with E-state index >= 15 is 0 Å². The normalized spacial score (nSPS) is 11.9. The number of nitrogens with one attached hydrogen (secondary N) is 2. The van der Waals surface area contributed by atoms with Crippen LogP contribution in [0.5, 0.6) is 11.5 Å². The topological polar surface area (TPSA) is 76.7 Å². The van der Waals surface area contributed by atoms with Crippen molar-refractivity contribution in [3.63, 3.8) is 0 Å². The standard InChI is InChI=1S/C16H12Cl2N2O4/c17-10-2-3-11(18)12(6-10)20-15(21)7-19-16(22)9-1-4-13-14(5-9)24-8-23-13/h1-6H,7-8H2,(H,19,22)(H,20,21). The molecule has 0 spiro atoms. The predicted octanol–water partition coefficient (Wildman–Crippen LogP) is 3.09. The van der Waals surface area contributed by atoms with Crippen LogP contribution in [0.4, 0.5) is 5.69 Å². The Morgan fingerprint density at radius 2 is 1.83 bits per heavy atom. The number of carbonyl (C=O) groups is 2. The molecular weight excluding hydrogens is 355 g/mol. The number of anilines is 1. The van der Waals surface area contributed by atoms with Gasteiger partial charge in [-0.15, -0.1) is 0 Å². The lowest BCUT2D eigenvalue weighted by molar-refractivity contribution is -0.115. The van der Waals surface area contributed by atoms with Crippen molar-refractivity contribution in [2.45, 2.75) is 0 Å². The van der Waals surface area contributed by atoms with Crippen LogP contribution in [0.25, 0.3) is 0 Å². The van der Waals surface area contributed by atoms with Crippen LogP contribution in [0.2, 0.25) is 10.0 Å². The number of halogens is 2. The monoisotopic (exact) mass is 366 g/mol. The molecule has 1 heterocycles. The highest BCUT2D eigenvalue weighted by molar-refractivity contribution is 6.35. The van der Waals surface area contributed by atoms with Gasteiger partial charge >= 0.3 is 0 Å². The van der Waals surface area contributed by atoms with Crippen molar-refractivity contribution in [2.75, 3.05) is 18.7 Å². The molecule has 1 aliphatic rings. The Hall–Kier alpha value is -2.44. The number of carbonyl (C=O) groups excluding carboxylic acids is 2. The van der Waals surface area contributed by atoms with E-state index in [0.717, 1.165) is 0 Å². The van der Waals surface area contributed by atoms with E-state index in [-0.39, 0.29) is 13.3 Å². The summed E-state index contributed by atoms with van der Waals surface area (Å²) in [5.41, 5.74) is 0.749. The number of rotatable bonds is 4.